The van der Waals surface area contributed by atoms with Crippen molar-refractivity contribution >= 4 is 29.4 Å². The number of amides is 4. The third-order valence-electron chi connectivity index (χ3n) is 11.2. The zero-order valence-electron chi connectivity index (χ0n) is 30.9. The molecule has 0 bridgehead atoms. The minimum Gasteiger partial charge on any atom is -0.376 e. The van der Waals surface area contributed by atoms with Crippen molar-refractivity contribution in [3.05, 3.63) is 12.7 Å². The van der Waals surface area contributed by atoms with Crippen molar-refractivity contribution < 1.29 is 37.9 Å². The van der Waals surface area contributed by atoms with Gasteiger partial charge in [0.1, 0.15) is 12.0 Å². The average Bonchev–Trinajstić information content (AvgIpc) is 3.78. The van der Waals surface area contributed by atoms with Gasteiger partial charge in [0.05, 0.1) is 18.1 Å². The van der Waals surface area contributed by atoms with Crippen LogP contribution in [0.5, 0.6) is 0 Å². The number of aliphatic hydroxyl groups is 1. The molecule has 288 valence electrons. The van der Waals surface area contributed by atoms with Crippen LogP contribution in [0, 0.1) is 11.3 Å². The van der Waals surface area contributed by atoms with Gasteiger partial charge in [0.25, 0.3) is 5.91 Å². The van der Waals surface area contributed by atoms with Gasteiger partial charge in [-0.3, -0.25) is 24.1 Å². The lowest BCUT2D eigenvalue weighted by Gasteiger charge is -2.40. The number of aliphatic hydroxyl groups excluding tert-OH is 1. The minimum atomic E-state index is -3.05. The summed E-state index contributed by atoms with van der Waals surface area (Å²) in [6.45, 7) is 9.57. The Morgan fingerprint density at radius 1 is 0.922 bits per heavy atom. The maximum atomic E-state index is 15.3. The molecule has 5 N–H and O–H groups in total. The van der Waals surface area contributed by atoms with Crippen LogP contribution in [0.1, 0.15) is 136 Å². The Kier molecular flexibility index (Phi) is 14.2. The molecule has 2 aliphatic heterocycles. The van der Waals surface area contributed by atoms with Crippen molar-refractivity contribution in [2.75, 3.05) is 6.54 Å². The molecule has 13 heteroatoms. The van der Waals surface area contributed by atoms with Crippen LogP contribution in [-0.2, 0) is 19.2 Å². The summed E-state index contributed by atoms with van der Waals surface area (Å²) in [7, 11) is 0. The highest BCUT2D eigenvalue weighted by atomic mass is 19.3. The van der Waals surface area contributed by atoms with E-state index in [4.69, 9.17) is 0 Å². The van der Waals surface area contributed by atoms with Gasteiger partial charge in [-0.25, -0.2) is 13.6 Å². The molecule has 1 unspecified atom stereocenters. The van der Waals surface area contributed by atoms with Crippen molar-refractivity contribution in [2.24, 2.45) is 11.3 Å². The van der Waals surface area contributed by atoms with E-state index >= 15 is 8.78 Å². The maximum Gasteiger partial charge on any atom is 0.315 e. The number of Topliss-reactive ketones (excluding diaryl/α,β-unsaturated/α-hetero) is 2. The van der Waals surface area contributed by atoms with Crippen LogP contribution in [0.4, 0.5) is 13.6 Å². The van der Waals surface area contributed by atoms with Crippen LogP contribution in [0.3, 0.4) is 0 Å². The number of carbonyl (C=O) groups excluding carboxylic acids is 5. The van der Waals surface area contributed by atoms with Crippen LogP contribution in [0.25, 0.3) is 0 Å². The lowest BCUT2D eigenvalue weighted by molar-refractivity contribution is -0.141. The van der Waals surface area contributed by atoms with Gasteiger partial charge >= 0.3 is 6.03 Å². The second-order valence-corrected chi connectivity index (χ2v) is 16.6. The summed E-state index contributed by atoms with van der Waals surface area (Å²) < 4.78 is 30.6. The largest absolute Gasteiger partial charge is 0.376 e. The fourth-order valence-corrected chi connectivity index (χ4v) is 7.87. The number of allylic oxidation sites excluding steroid dienone is 1. The fraction of sp³-hybridized carbons (Fsp3) is 0.816. The number of nitrogens with zero attached hydrogens (tertiary/aromatic N) is 1. The van der Waals surface area contributed by atoms with Gasteiger partial charge in [-0.15, -0.1) is 6.58 Å². The molecule has 5 atom stereocenters. The van der Waals surface area contributed by atoms with E-state index < -0.39 is 71.3 Å². The van der Waals surface area contributed by atoms with E-state index in [1.165, 1.54) is 4.90 Å². The first-order chi connectivity index (χ1) is 24.0. The average molecular weight is 722 g/mol. The first-order valence-electron chi connectivity index (χ1n) is 19.2. The van der Waals surface area contributed by atoms with E-state index in [-0.39, 0.29) is 56.4 Å². The number of hydrogen-bond acceptors (Lipinski definition) is 7. The smallest absolute Gasteiger partial charge is 0.315 e. The summed E-state index contributed by atoms with van der Waals surface area (Å²) in [6.07, 6.45) is 7.36. The number of urea groups is 1. The Bertz CT molecular complexity index is 1260. The number of halogens is 2. The maximum absolute atomic E-state index is 15.3. The molecule has 0 radical (unpaired) electrons. The lowest BCUT2D eigenvalue weighted by atomic mass is 9.74. The molecule has 4 rings (SSSR count). The SMILES string of the molecule is C=CC[C@H]1CCN2C(O)[C@@H](NC(=O)NC3(CC(=O)C(C)(C)C)CCCCC3)CCC(F)(F)CCCCCC[C@@H](C(=O)C(=O)NC3CC3)NC(=O)[C@H]12. The molecule has 4 fully saturated rings. The second kappa shape index (κ2) is 17.7. The Morgan fingerprint density at radius 3 is 2.22 bits per heavy atom. The standard InChI is InChI=1S/C38H61F2N5O6/c1-5-13-25-18-23-45-30(25)32(48)42-27(31(47)33(49)41-26-15-16-26)14-9-6-7-12-21-38(39,40)22-17-28(34(45)50)43-35(51)44-37(19-10-8-11-20-37)24-29(46)36(2,3)4/h5,25-28,30,34,50H,1,6-24H2,2-4H3,(H,41,49)(H,42,48)(H2,43,44,51)/t25-,27-,28-,30-,34?/m0/s1. The zero-order chi connectivity index (χ0) is 37.4. The van der Waals surface area contributed by atoms with Crippen LogP contribution in [-0.4, -0.2) is 87.8 Å². The summed E-state index contributed by atoms with van der Waals surface area (Å²) in [5.74, 6) is -5.39. The molecular weight excluding hydrogens is 660 g/mol. The first-order valence-corrected chi connectivity index (χ1v) is 19.2. The van der Waals surface area contributed by atoms with Crippen molar-refractivity contribution in [2.45, 2.75) is 178 Å². The molecule has 4 amide bonds. The number of rotatable bonds is 9. The molecule has 0 aromatic heterocycles. The predicted octanol–water partition coefficient (Wildman–Crippen LogP) is 5.05. The summed E-state index contributed by atoms with van der Waals surface area (Å²) in [4.78, 5) is 68.6. The fourth-order valence-electron chi connectivity index (χ4n) is 7.87. The topological polar surface area (TPSA) is 157 Å². The Hall–Kier alpha value is -2.93. The van der Waals surface area contributed by atoms with Gasteiger partial charge in [-0.05, 0) is 63.7 Å². The highest BCUT2D eigenvalue weighted by molar-refractivity contribution is 6.38. The van der Waals surface area contributed by atoms with E-state index in [2.05, 4.69) is 27.8 Å². The molecular formula is C38H61F2N5O6. The molecule has 51 heavy (non-hydrogen) atoms. The van der Waals surface area contributed by atoms with E-state index in [0.29, 0.717) is 44.9 Å². The summed E-state index contributed by atoms with van der Waals surface area (Å²) in [6, 6.07) is -3.94. The van der Waals surface area contributed by atoms with Crippen molar-refractivity contribution in [1.29, 1.82) is 0 Å². The number of fused-ring (bicyclic) bond motifs is 1. The van der Waals surface area contributed by atoms with Gasteiger partial charge in [0, 0.05) is 42.8 Å². The Morgan fingerprint density at radius 2 is 1.57 bits per heavy atom. The quantitative estimate of drug-likeness (QED) is 0.165. The van der Waals surface area contributed by atoms with Gasteiger partial charge < -0.3 is 26.4 Å². The minimum absolute atomic E-state index is 0.00933. The highest BCUT2D eigenvalue weighted by Gasteiger charge is 2.46. The van der Waals surface area contributed by atoms with Crippen molar-refractivity contribution in [3.63, 3.8) is 0 Å². The van der Waals surface area contributed by atoms with E-state index in [1.807, 2.05) is 20.8 Å². The molecule has 0 aromatic rings. The highest BCUT2D eigenvalue weighted by Crippen LogP contribution is 2.36. The second-order valence-electron chi connectivity index (χ2n) is 16.6. The third-order valence-corrected chi connectivity index (χ3v) is 11.2. The number of alkyl halides is 2. The van der Waals surface area contributed by atoms with Crippen LogP contribution < -0.4 is 21.3 Å². The Labute approximate surface area is 301 Å². The van der Waals surface area contributed by atoms with Gasteiger partial charge in [0.2, 0.25) is 17.6 Å². The number of carbonyl (C=O) groups is 5. The molecule has 2 heterocycles. The van der Waals surface area contributed by atoms with Crippen LogP contribution in [0.15, 0.2) is 12.7 Å². The van der Waals surface area contributed by atoms with Crippen molar-refractivity contribution in [1.82, 2.24) is 26.2 Å². The van der Waals surface area contributed by atoms with E-state index in [9.17, 15) is 29.1 Å². The molecule has 4 aliphatic rings. The predicted molar refractivity (Wildman–Crippen MR) is 190 cm³/mol. The van der Waals surface area contributed by atoms with E-state index in [1.54, 1.807) is 6.08 Å². The molecule has 2 saturated heterocycles. The third kappa shape index (κ3) is 11.8. The van der Waals surface area contributed by atoms with Crippen LogP contribution in [0.2, 0.25) is 0 Å². The first kappa shape index (κ1) is 40.8. The van der Waals surface area contributed by atoms with E-state index in [0.717, 1.165) is 32.1 Å². The molecule has 2 saturated carbocycles. The Balaban J connectivity index is 1.60. The summed E-state index contributed by atoms with van der Waals surface area (Å²) >= 11 is 0. The molecule has 0 aromatic carbocycles. The van der Waals surface area contributed by atoms with Gasteiger partial charge in [0.15, 0.2) is 0 Å². The molecule has 11 nitrogen and oxygen atoms in total. The number of hydrogen-bond donors (Lipinski definition) is 5. The summed E-state index contributed by atoms with van der Waals surface area (Å²) in [5.41, 5.74) is -1.40. The van der Waals surface area contributed by atoms with Crippen molar-refractivity contribution in [3.8, 4) is 0 Å². The monoisotopic (exact) mass is 721 g/mol. The zero-order valence-corrected chi connectivity index (χ0v) is 30.9. The molecule has 2 aliphatic carbocycles. The number of nitrogens with one attached hydrogen (secondary N) is 4. The van der Waals surface area contributed by atoms with Crippen LogP contribution >= 0.6 is 0 Å². The normalized spacial score (nSPS) is 29.5. The lowest BCUT2D eigenvalue weighted by Crippen LogP contribution is -2.62. The summed E-state index contributed by atoms with van der Waals surface area (Å²) in [5, 5.41) is 23.3. The van der Waals surface area contributed by atoms with Gasteiger partial charge in [-0.2, -0.15) is 0 Å². The number of ketones is 2. The van der Waals surface area contributed by atoms with Gasteiger partial charge in [-0.1, -0.05) is 65.4 Å². The molecule has 0 spiro atoms.